The molecular weight excluding hydrogens is 210 g/mol. The first-order chi connectivity index (χ1) is 8.21. The van der Waals surface area contributed by atoms with E-state index in [2.05, 4.69) is 25.1 Å². The Kier molecular flexibility index (Phi) is 2.62. The number of fused-ring (bicyclic) bond motifs is 1. The van der Waals surface area contributed by atoms with Gasteiger partial charge in [0, 0.05) is 6.42 Å². The highest BCUT2D eigenvalue weighted by molar-refractivity contribution is 5.40. The third kappa shape index (κ3) is 1.95. The van der Waals surface area contributed by atoms with Crippen molar-refractivity contribution in [3.05, 3.63) is 29.3 Å². The van der Waals surface area contributed by atoms with Crippen LogP contribution in [0, 0.1) is 12.3 Å². The smallest absolute Gasteiger partial charge is 0.123 e. The average molecular weight is 231 g/mol. The summed E-state index contributed by atoms with van der Waals surface area (Å²) < 4.78 is 6.04. The molecule has 1 aromatic carbocycles. The molecule has 92 valence electrons. The van der Waals surface area contributed by atoms with Gasteiger partial charge in [-0.25, -0.2) is 0 Å². The van der Waals surface area contributed by atoms with Gasteiger partial charge in [-0.1, -0.05) is 24.1 Å². The number of ether oxygens (including phenoxy) is 1. The third-order valence-corrected chi connectivity index (χ3v) is 4.47. The Balaban J connectivity index is 1.70. The molecule has 1 aliphatic carbocycles. The Bertz CT molecular complexity index is 417. The maximum Gasteiger partial charge on any atom is 0.123 e. The second-order valence-corrected chi connectivity index (χ2v) is 5.82. The molecule has 1 aromatic rings. The topological polar surface area (TPSA) is 35.2 Å². The molecule has 1 saturated carbocycles. The van der Waals surface area contributed by atoms with Crippen LogP contribution in [0.5, 0.6) is 5.75 Å². The van der Waals surface area contributed by atoms with Gasteiger partial charge in [-0.2, -0.15) is 0 Å². The predicted octanol–water partition coefficient (Wildman–Crippen LogP) is 2.82. The Morgan fingerprint density at radius 3 is 2.88 bits per heavy atom. The summed E-state index contributed by atoms with van der Waals surface area (Å²) in [4.78, 5) is 0. The van der Waals surface area contributed by atoms with Crippen molar-refractivity contribution in [2.24, 2.45) is 11.1 Å². The fourth-order valence-corrected chi connectivity index (χ4v) is 3.21. The van der Waals surface area contributed by atoms with Crippen molar-refractivity contribution in [1.29, 1.82) is 0 Å². The van der Waals surface area contributed by atoms with E-state index in [4.69, 9.17) is 10.5 Å². The maximum absolute atomic E-state index is 6.04. The fraction of sp³-hybridized carbons (Fsp3) is 0.600. The van der Waals surface area contributed by atoms with E-state index < -0.39 is 0 Å². The van der Waals surface area contributed by atoms with Crippen LogP contribution in [0.1, 0.15) is 36.8 Å². The molecule has 0 bridgehead atoms. The Hall–Kier alpha value is -1.02. The number of rotatable bonds is 3. The number of benzene rings is 1. The molecule has 0 radical (unpaired) electrons. The van der Waals surface area contributed by atoms with Crippen molar-refractivity contribution >= 4 is 0 Å². The van der Waals surface area contributed by atoms with E-state index in [9.17, 15) is 0 Å². The number of nitrogens with two attached hydrogens (primary N) is 1. The second kappa shape index (κ2) is 4.02. The molecule has 1 atom stereocenters. The summed E-state index contributed by atoms with van der Waals surface area (Å²) in [5, 5.41) is 0. The summed E-state index contributed by atoms with van der Waals surface area (Å²) >= 11 is 0. The fourth-order valence-electron chi connectivity index (χ4n) is 3.21. The van der Waals surface area contributed by atoms with Crippen LogP contribution in [0.15, 0.2) is 18.2 Å². The summed E-state index contributed by atoms with van der Waals surface area (Å²) in [5.74, 6) is 1.09. The molecule has 2 heteroatoms. The highest BCUT2D eigenvalue weighted by atomic mass is 16.5. The maximum atomic E-state index is 6.04. The van der Waals surface area contributed by atoms with Crippen LogP contribution in [-0.2, 0) is 6.42 Å². The van der Waals surface area contributed by atoms with Gasteiger partial charge in [-0.05, 0) is 49.8 Å². The molecule has 1 aliphatic heterocycles. The Morgan fingerprint density at radius 1 is 1.41 bits per heavy atom. The van der Waals surface area contributed by atoms with Gasteiger partial charge in [0.2, 0.25) is 0 Å². The van der Waals surface area contributed by atoms with E-state index in [0.717, 1.165) is 25.1 Å². The number of hydrogen-bond donors (Lipinski definition) is 1. The van der Waals surface area contributed by atoms with Crippen molar-refractivity contribution in [2.45, 2.75) is 45.1 Å². The third-order valence-electron chi connectivity index (χ3n) is 4.47. The summed E-state index contributed by atoms with van der Waals surface area (Å²) in [7, 11) is 0. The lowest BCUT2D eigenvalue weighted by Crippen LogP contribution is -2.41. The van der Waals surface area contributed by atoms with E-state index >= 15 is 0 Å². The van der Waals surface area contributed by atoms with Crippen LogP contribution in [-0.4, -0.2) is 12.6 Å². The minimum Gasteiger partial charge on any atom is -0.490 e. The summed E-state index contributed by atoms with van der Waals surface area (Å²) in [6, 6.07) is 6.50. The molecule has 2 aliphatic rings. The van der Waals surface area contributed by atoms with E-state index in [0.29, 0.717) is 11.5 Å². The molecule has 0 aromatic heterocycles. The first-order valence-electron chi connectivity index (χ1n) is 6.67. The van der Waals surface area contributed by atoms with Gasteiger partial charge in [0.05, 0.1) is 0 Å². The lowest BCUT2D eigenvalue weighted by atomic mass is 9.65. The quantitative estimate of drug-likeness (QED) is 0.868. The second-order valence-electron chi connectivity index (χ2n) is 5.82. The highest BCUT2D eigenvalue weighted by Gasteiger charge is 2.39. The van der Waals surface area contributed by atoms with Crippen LogP contribution in [0.3, 0.4) is 0 Å². The van der Waals surface area contributed by atoms with Gasteiger partial charge < -0.3 is 10.5 Å². The van der Waals surface area contributed by atoms with Gasteiger partial charge in [-0.15, -0.1) is 0 Å². The van der Waals surface area contributed by atoms with Crippen LogP contribution < -0.4 is 10.5 Å². The molecule has 0 amide bonds. The summed E-state index contributed by atoms with van der Waals surface area (Å²) in [5.41, 5.74) is 9.01. The van der Waals surface area contributed by atoms with Crippen molar-refractivity contribution in [3.8, 4) is 5.75 Å². The zero-order chi connectivity index (χ0) is 11.9. The van der Waals surface area contributed by atoms with Crippen LogP contribution in [0.4, 0.5) is 0 Å². The summed E-state index contributed by atoms with van der Waals surface area (Å²) in [6.45, 7) is 2.96. The molecule has 2 nitrogen and oxygen atoms in total. The monoisotopic (exact) mass is 231 g/mol. The van der Waals surface area contributed by atoms with Crippen LogP contribution >= 0.6 is 0 Å². The molecule has 1 fully saturated rings. The zero-order valence-corrected chi connectivity index (χ0v) is 10.5. The first-order valence-corrected chi connectivity index (χ1v) is 6.67. The van der Waals surface area contributed by atoms with Gasteiger partial charge >= 0.3 is 0 Å². The predicted molar refractivity (Wildman–Crippen MR) is 69.3 cm³/mol. The molecule has 0 spiro atoms. The molecule has 1 unspecified atom stereocenters. The van der Waals surface area contributed by atoms with Gasteiger partial charge in [0.15, 0.2) is 0 Å². The Morgan fingerprint density at radius 2 is 2.24 bits per heavy atom. The molecule has 17 heavy (non-hydrogen) atoms. The summed E-state index contributed by atoms with van der Waals surface area (Å²) in [6.07, 6.45) is 6.49. The lowest BCUT2D eigenvalue weighted by molar-refractivity contribution is 0.0693. The van der Waals surface area contributed by atoms with Gasteiger partial charge in [-0.3, -0.25) is 0 Å². The van der Waals surface area contributed by atoms with Gasteiger partial charge in [0.1, 0.15) is 11.9 Å². The van der Waals surface area contributed by atoms with Gasteiger partial charge in [0.25, 0.3) is 0 Å². The standard InChI is InChI=1S/C15H21NO/c1-11-3-4-14-12(7-11)8-13(17-14)9-15(10-16)5-2-6-15/h3-4,7,13H,2,5-6,8-10,16H2,1H3. The average Bonchev–Trinajstić information content (AvgIpc) is 2.65. The molecular formula is C15H21NO. The lowest BCUT2D eigenvalue weighted by Gasteiger charge is -2.42. The van der Waals surface area contributed by atoms with E-state index in [1.54, 1.807) is 0 Å². The van der Waals surface area contributed by atoms with Crippen LogP contribution in [0.2, 0.25) is 0 Å². The Labute approximate surface area is 103 Å². The van der Waals surface area contributed by atoms with Crippen molar-refractivity contribution in [2.75, 3.05) is 6.54 Å². The van der Waals surface area contributed by atoms with Crippen molar-refractivity contribution < 1.29 is 4.74 Å². The minimum atomic E-state index is 0.357. The van der Waals surface area contributed by atoms with E-state index in [1.807, 2.05) is 0 Å². The molecule has 3 rings (SSSR count). The highest BCUT2D eigenvalue weighted by Crippen LogP contribution is 2.46. The van der Waals surface area contributed by atoms with Crippen molar-refractivity contribution in [3.63, 3.8) is 0 Å². The largest absolute Gasteiger partial charge is 0.490 e. The molecule has 0 saturated heterocycles. The SMILES string of the molecule is Cc1ccc2c(c1)CC(CC1(CN)CCC1)O2. The van der Waals surface area contributed by atoms with E-state index in [1.165, 1.54) is 30.4 Å². The molecule has 1 heterocycles. The zero-order valence-electron chi connectivity index (χ0n) is 10.5. The van der Waals surface area contributed by atoms with Crippen molar-refractivity contribution in [1.82, 2.24) is 0 Å². The van der Waals surface area contributed by atoms with Crippen LogP contribution in [0.25, 0.3) is 0 Å². The van der Waals surface area contributed by atoms with E-state index in [-0.39, 0.29) is 0 Å². The number of aryl methyl sites for hydroxylation is 1. The minimum absolute atomic E-state index is 0.357. The number of hydrogen-bond acceptors (Lipinski definition) is 2. The normalized spacial score (nSPS) is 24.9. The first kappa shape index (κ1) is 11.1. The molecule has 2 N–H and O–H groups in total.